The van der Waals surface area contributed by atoms with Crippen LogP contribution in [0, 0.1) is 35.3 Å². The van der Waals surface area contributed by atoms with Crippen molar-refractivity contribution < 1.29 is 27.5 Å². The second-order valence-electron chi connectivity index (χ2n) is 9.09. The van der Waals surface area contributed by atoms with Crippen molar-refractivity contribution in [3.63, 3.8) is 0 Å². The molecule has 0 spiro atoms. The Kier molecular flexibility index (Phi) is 4.64. The third kappa shape index (κ3) is 3.25. The van der Waals surface area contributed by atoms with E-state index < -0.39 is 17.5 Å². The molecule has 4 saturated carbocycles. The topological polar surface area (TPSA) is 76.8 Å². The van der Waals surface area contributed by atoms with Gasteiger partial charge in [-0.25, -0.2) is 8.78 Å². The third-order valence-electron chi connectivity index (χ3n) is 7.21. The zero-order valence-electron chi connectivity index (χ0n) is 17.8. The molecule has 170 valence electrons. The van der Waals surface area contributed by atoms with Crippen LogP contribution in [0.5, 0.6) is 5.75 Å². The van der Waals surface area contributed by atoms with Crippen LogP contribution in [-0.2, 0) is 11.2 Å². The van der Waals surface area contributed by atoms with Crippen LogP contribution in [0.15, 0.2) is 16.5 Å². The van der Waals surface area contributed by atoms with Gasteiger partial charge in [0.05, 0.1) is 6.61 Å². The summed E-state index contributed by atoms with van der Waals surface area (Å²) in [6.07, 6.45) is 2.09. The number of halogens is 2. The Morgan fingerprint density at radius 2 is 2.00 bits per heavy atom. The first-order chi connectivity index (χ1) is 15.5. The smallest absolute Gasteiger partial charge is 0.298 e. The van der Waals surface area contributed by atoms with Crippen LogP contribution in [-0.4, -0.2) is 43.3 Å². The number of hydrogen-bond acceptors (Lipinski definition) is 6. The van der Waals surface area contributed by atoms with E-state index in [0.717, 1.165) is 36.8 Å². The van der Waals surface area contributed by atoms with Gasteiger partial charge in [0.1, 0.15) is 11.9 Å². The summed E-state index contributed by atoms with van der Waals surface area (Å²) in [5.41, 5.74) is 0.121. The third-order valence-corrected chi connectivity index (χ3v) is 7.21. The van der Waals surface area contributed by atoms with Gasteiger partial charge in [-0.05, 0) is 30.6 Å². The number of oxazole rings is 1. The highest BCUT2D eigenvalue weighted by molar-refractivity contribution is 6.03. The van der Waals surface area contributed by atoms with Gasteiger partial charge < -0.3 is 24.1 Å². The molecule has 32 heavy (non-hydrogen) atoms. The van der Waals surface area contributed by atoms with Gasteiger partial charge in [-0.2, -0.15) is 4.98 Å². The number of nitrogens with one attached hydrogen (secondary N) is 1. The molecule has 1 saturated heterocycles. The van der Waals surface area contributed by atoms with Crippen molar-refractivity contribution in [2.75, 3.05) is 36.5 Å². The number of carbonyl (C=O) groups is 1. The average Bonchev–Trinajstić information content (AvgIpc) is 3.54. The van der Waals surface area contributed by atoms with Gasteiger partial charge in [0.15, 0.2) is 23.1 Å². The second-order valence-corrected chi connectivity index (χ2v) is 9.09. The number of hydrogen-bond donors (Lipinski definition) is 1. The zero-order valence-corrected chi connectivity index (χ0v) is 17.8. The van der Waals surface area contributed by atoms with E-state index in [4.69, 9.17) is 13.9 Å². The van der Waals surface area contributed by atoms with Crippen molar-refractivity contribution in [3.05, 3.63) is 35.2 Å². The maximum Gasteiger partial charge on any atom is 0.298 e. The van der Waals surface area contributed by atoms with Gasteiger partial charge in [-0.3, -0.25) is 4.79 Å². The lowest BCUT2D eigenvalue weighted by Gasteiger charge is -2.16. The first kappa shape index (κ1) is 20.0. The summed E-state index contributed by atoms with van der Waals surface area (Å²) in [6, 6.07) is 2.53. The predicted molar refractivity (Wildman–Crippen MR) is 111 cm³/mol. The molecule has 4 aliphatic carbocycles. The molecular weight excluding hydrogens is 420 g/mol. The number of ether oxygens (including phenoxy) is 2. The van der Waals surface area contributed by atoms with E-state index in [1.54, 1.807) is 0 Å². The summed E-state index contributed by atoms with van der Waals surface area (Å²) in [4.78, 5) is 19.1. The number of amides is 1. The standard InChI is InChI=1S/C23H25F2N3O4/c1-2-15-20(27-23(32-15)28-4-3-6-30-7-5-28)22(29)26-11-8-13(24)21(14(25)9-11)31-16-10-12-17-18(12)19(16)17/h8-9,12,16-19H,2-7,10H2,1H3,(H,26,29). The van der Waals surface area contributed by atoms with Crippen molar-refractivity contribution in [1.82, 2.24) is 4.98 Å². The van der Waals surface area contributed by atoms with E-state index in [9.17, 15) is 13.6 Å². The van der Waals surface area contributed by atoms with Crippen molar-refractivity contribution in [2.24, 2.45) is 23.7 Å². The van der Waals surface area contributed by atoms with E-state index in [2.05, 4.69) is 10.3 Å². The van der Waals surface area contributed by atoms with Crippen LogP contribution in [0.3, 0.4) is 0 Å². The maximum atomic E-state index is 14.6. The Morgan fingerprint density at radius 1 is 1.22 bits per heavy atom. The molecule has 5 aliphatic rings. The summed E-state index contributed by atoms with van der Waals surface area (Å²) in [7, 11) is 0. The van der Waals surface area contributed by atoms with Crippen molar-refractivity contribution in [2.45, 2.75) is 32.3 Å². The highest BCUT2D eigenvalue weighted by Gasteiger charge is 2.81. The summed E-state index contributed by atoms with van der Waals surface area (Å²) in [6.45, 7) is 4.42. The van der Waals surface area contributed by atoms with Gasteiger partial charge >= 0.3 is 0 Å². The number of aryl methyl sites for hydroxylation is 1. The highest BCUT2D eigenvalue weighted by Crippen LogP contribution is 2.82. The zero-order chi connectivity index (χ0) is 22.0. The number of rotatable bonds is 6. The second kappa shape index (κ2) is 7.43. The Balaban J connectivity index is 1.17. The average molecular weight is 445 g/mol. The molecule has 2 heterocycles. The van der Waals surface area contributed by atoms with E-state index >= 15 is 0 Å². The van der Waals surface area contributed by atoms with Crippen LogP contribution in [0.25, 0.3) is 0 Å². The Bertz CT molecular complexity index is 1030. The van der Waals surface area contributed by atoms with Crippen LogP contribution in [0.4, 0.5) is 20.5 Å². The number of carbonyl (C=O) groups excluding carboxylic acids is 1. The van der Waals surface area contributed by atoms with Crippen molar-refractivity contribution in [1.29, 1.82) is 0 Å². The summed E-state index contributed by atoms with van der Waals surface area (Å²) in [5, 5.41) is 2.54. The molecule has 1 aromatic carbocycles. The minimum atomic E-state index is -0.819. The molecule has 1 aromatic heterocycles. The molecule has 3 unspecified atom stereocenters. The quantitative estimate of drug-likeness (QED) is 0.732. The van der Waals surface area contributed by atoms with Crippen LogP contribution in [0.1, 0.15) is 36.0 Å². The summed E-state index contributed by atoms with van der Waals surface area (Å²) < 4.78 is 46.2. The number of fused-ring (bicyclic) bond motifs is 1. The minimum absolute atomic E-state index is 0.00784. The van der Waals surface area contributed by atoms with Crippen LogP contribution < -0.4 is 15.0 Å². The lowest BCUT2D eigenvalue weighted by Crippen LogP contribution is -2.26. The number of nitrogens with zero attached hydrogens (tertiary/aromatic N) is 2. The SMILES string of the molecule is CCc1oc(N2CCCOCC2)nc1C(=O)Nc1cc(F)c(OC2CC3C4C2C34)c(F)c1. The summed E-state index contributed by atoms with van der Waals surface area (Å²) >= 11 is 0. The molecule has 3 atom stereocenters. The predicted octanol–water partition coefficient (Wildman–Crippen LogP) is 3.64. The minimum Gasteiger partial charge on any atom is -0.484 e. The monoisotopic (exact) mass is 445 g/mol. The van der Waals surface area contributed by atoms with Gasteiger partial charge in [-0.15, -0.1) is 0 Å². The van der Waals surface area contributed by atoms with Crippen molar-refractivity contribution in [3.8, 4) is 5.75 Å². The van der Waals surface area contributed by atoms with Crippen LogP contribution >= 0.6 is 0 Å². The number of benzene rings is 1. The normalized spacial score (nSPS) is 30.0. The fraction of sp³-hybridized carbons (Fsp3) is 0.565. The van der Waals surface area contributed by atoms with Gasteiger partial charge in [0.2, 0.25) is 0 Å². The van der Waals surface area contributed by atoms with Gasteiger partial charge in [-0.1, -0.05) is 6.92 Å². The van der Waals surface area contributed by atoms with E-state index in [1.807, 2.05) is 11.8 Å². The molecule has 1 aliphatic heterocycles. The molecule has 2 aromatic rings. The molecular formula is C23H25F2N3O4. The highest BCUT2D eigenvalue weighted by atomic mass is 19.1. The molecule has 1 amide bonds. The number of anilines is 2. The first-order valence-corrected chi connectivity index (χ1v) is 11.3. The fourth-order valence-electron chi connectivity index (χ4n) is 5.52. The van der Waals surface area contributed by atoms with E-state index in [-0.39, 0.29) is 23.2 Å². The van der Waals surface area contributed by atoms with Gasteiger partial charge in [0, 0.05) is 49.9 Å². The maximum absolute atomic E-state index is 14.6. The Hall–Kier alpha value is -2.68. The largest absolute Gasteiger partial charge is 0.484 e. The first-order valence-electron chi connectivity index (χ1n) is 11.3. The van der Waals surface area contributed by atoms with Gasteiger partial charge in [0.25, 0.3) is 11.9 Å². The molecule has 0 radical (unpaired) electrons. The Morgan fingerprint density at radius 3 is 2.69 bits per heavy atom. The molecule has 9 heteroatoms. The fourth-order valence-corrected chi connectivity index (χ4v) is 5.52. The van der Waals surface area contributed by atoms with Crippen molar-refractivity contribution >= 4 is 17.6 Å². The molecule has 2 bridgehead atoms. The number of aromatic nitrogens is 1. The lowest BCUT2D eigenvalue weighted by atomic mass is 10.2. The molecule has 1 N–H and O–H groups in total. The molecule has 5 fully saturated rings. The van der Waals surface area contributed by atoms with E-state index in [1.165, 1.54) is 0 Å². The van der Waals surface area contributed by atoms with E-state index in [0.29, 0.717) is 56.3 Å². The molecule has 7 rings (SSSR count). The van der Waals surface area contributed by atoms with Crippen LogP contribution in [0.2, 0.25) is 0 Å². The molecule has 7 nitrogen and oxygen atoms in total. The Labute approximate surface area is 184 Å². The summed E-state index contributed by atoms with van der Waals surface area (Å²) in [5.74, 6) is 0.488. The lowest BCUT2D eigenvalue weighted by molar-refractivity contribution is 0.102.